The molecule has 1 aliphatic rings. The number of nitrogens with one attached hydrogen (secondary N) is 1. The van der Waals surface area contributed by atoms with E-state index >= 15 is 0 Å². The van der Waals surface area contributed by atoms with Crippen molar-refractivity contribution in [3.05, 3.63) is 29.8 Å². The van der Waals surface area contributed by atoms with E-state index in [4.69, 9.17) is 4.74 Å². The zero-order valence-electron chi connectivity index (χ0n) is 14.7. The molecule has 0 saturated carbocycles. The van der Waals surface area contributed by atoms with Crippen LogP contribution in [-0.4, -0.2) is 43.0 Å². The molecule has 132 valence electrons. The maximum absolute atomic E-state index is 12.4. The van der Waals surface area contributed by atoms with E-state index in [9.17, 15) is 9.59 Å². The number of ether oxygens (including phenoxy) is 1. The van der Waals surface area contributed by atoms with Gasteiger partial charge in [-0.2, -0.15) is 0 Å². The maximum atomic E-state index is 12.4. The van der Waals surface area contributed by atoms with E-state index in [0.717, 1.165) is 37.1 Å². The highest BCUT2D eigenvalue weighted by atomic mass is 16.5. The number of rotatable bonds is 7. The Morgan fingerprint density at radius 2 is 2.21 bits per heavy atom. The minimum Gasteiger partial charge on any atom is -0.484 e. The quantitative estimate of drug-likeness (QED) is 0.835. The van der Waals surface area contributed by atoms with Gasteiger partial charge in [-0.05, 0) is 49.8 Å². The Morgan fingerprint density at radius 3 is 2.96 bits per heavy atom. The van der Waals surface area contributed by atoms with Crippen molar-refractivity contribution in [2.75, 3.05) is 26.2 Å². The molecule has 2 amide bonds. The predicted octanol–water partition coefficient (Wildman–Crippen LogP) is 2.53. The van der Waals surface area contributed by atoms with Gasteiger partial charge in [0.15, 0.2) is 6.61 Å². The van der Waals surface area contributed by atoms with Gasteiger partial charge in [0, 0.05) is 26.1 Å². The average Bonchev–Trinajstić information content (AvgIpc) is 2.58. The number of carbonyl (C=O) groups is 2. The van der Waals surface area contributed by atoms with Crippen molar-refractivity contribution in [3.63, 3.8) is 0 Å². The topological polar surface area (TPSA) is 58.6 Å². The van der Waals surface area contributed by atoms with Crippen LogP contribution in [0.3, 0.4) is 0 Å². The molecule has 1 heterocycles. The first-order valence-electron chi connectivity index (χ1n) is 8.82. The minimum absolute atomic E-state index is 0.0149. The van der Waals surface area contributed by atoms with Crippen LogP contribution in [0.25, 0.3) is 0 Å². The highest BCUT2D eigenvalue weighted by Gasteiger charge is 2.24. The van der Waals surface area contributed by atoms with Gasteiger partial charge in [0.25, 0.3) is 5.91 Å². The van der Waals surface area contributed by atoms with E-state index in [-0.39, 0.29) is 18.4 Å². The zero-order chi connectivity index (χ0) is 17.4. The minimum atomic E-state index is 0.0149. The predicted molar refractivity (Wildman–Crippen MR) is 93.9 cm³/mol. The summed E-state index contributed by atoms with van der Waals surface area (Å²) in [4.78, 5) is 25.8. The number of likely N-dealkylation sites (tertiary alicyclic amines) is 1. The summed E-state index contributed by atoms with van der Waals surface area (Å²) in [6, 6.07) is 7.71. The summed E-state index contributed by atoms with van der Waals surface area (Å²) >= 11 is 0. The van der Waals surface area contributed by atoms with Crippen LogP contribution >= 0.6 is 0 Å². The van der Waals surface area contributed by atoms with E-state index in [1.165, 1.54) is 0 Å². The maximum Gasteiger partial charge on any atom is 0.260 e. The van der Waals surface area contributed by atoms with Gasteiger partial charge in [0.05, 0.1) is 0 Å². The van der Waals surface area contributed by atoms with Crippen LogP contribution in [0.1, 0.15) is 38.2 Å². The molecular formula is C19H28N2O3. The lowest BCUT2D eigenvalue weighted by atomic mass is 9.98. The van der Waals surface area contributed by atoms with E-state index < -0.39 is 0 Å². The largest absolute Gasteiger partial charge is 0.484 e. The molecule has 1 aromatic rings. The van der Waals surface area contributed by atoms with E-state index in [0.29, 0.717) is 25.4 Å². The molecule has 1 atom stereocenters. The molecule has 1 aliphatic heterocycles. The summed E-state index contributed by atoms with van der Waals surface area (Å²) in [5.41, 5.74) is 1.11. The third-order valence-corrected chi connectivity index (χ3v) is 4.29. The number of benzene rings is 1. The van der Waals surface area contributed by atoms with Crippen LogP contribution in [0.5, 0.6) is 5.75 Å². The number of nitrogens with zero attached hydrogens (tertiary/aromatic N) is 1. The van der Waals surface area contributed by atoms with E-state index in [1.54, 1.807) is 0 Å². The van der Waals surface area contributed by atoms with Crippen molar-refractivity contribution in [1.29, 1.82) is 0 Å². The average molecular weight is 332 g/mol. The van der Waals surface area contributed by atoms with E-state index in [2.05, 4.69) is 5.32 Å². The van der Waals surface area contributed by atoms with Gasteiger partial charge >= 0.3 is 0 Å². The highest BCUT2D eigenvalue weighted by Crippen LogP contribution is 2.17. The second-order valence-corrected chi connectivity index (χ2v) is 6.51. The summed E-state index contributed by atoms with van der Waals surface area (Å²) in [6.45, 7) is 6.18. The normalized spacial score (nSPS) is 17.4. The van der Waals surface area contributed by atoms with Crippen LogP contribution in [0, 0.1) is 12.8 Å². The summed E-state index contributed by atoms with van der Waals surface area (Å²) in [5, 5.41) is 2.97. The molecule has 1 aromatic carbocycles. The van der Waals surface area contributed by atoms with Crippen molar-refractivity contribution in [3.8, 4) is 5.75 Å². The Labute approximate surface area is 144 Å². The van der Waals surface area contributed by atoms with Gasteiger partial charge in [-0.15, -0.1) is 0 Å². The molecular weight excluding hydrogens is 304 g/mol. The number of hydrogen-bond donors (Lipinski definition) is 1. The van der Waals surface area contributed by atoms with Crippen LogP contribution in [-0.2, 0) is 9.59 Å². The van der Waals surface area contributed by atoms with Gasteiger partial charge in [-0.1, -0.05) is 19.1 Å². The van der Waals surface area contributed by atoms with Crippen LogP contribution in [0.15, 0.2) is 24.3 Å². The van der Waals surface area contributed by atoms with Crippen molar-refractivity contribution in [2.24, 2.45) is 5.92 Å². The lowest BCUT2D eigenvalue weighted by Crippen LogP contribution is -2.45. The van der Waals surface area contributed by atoms with Crippen molar-refractivity contribution in [1.82, 2.24) is 10.2 Å². The molecule has 0 aromatic heterocycles. The van der Waals surface area contributed by atoms with Gasteiger partial charge < -0.3 is 15.0 Å². The number of carbonyl (C=O) groups excluding carboxylic acids is 2. The van der Waals surface area contributed by atoms with Gasteiger partial charge in [0.1, 0.15) is 5.75 Å². The highest BCUT2D eigenvalue weighted by molar-refractivity contribution is 5.78. The lowest BCUT2D eigenvalue weighted by Gasteiger charge is -2.32. The fraction of sp³-hybridized carbons (Fsp3) is 0.579. The van der Waals surface area contributed by atoms with Crippen LogP contribution in [0.2, 0.25) is 0 Å². The second kappa shape index (κ2) is 9.30. The monoisotopic (exact) mass is 332 g/mol. The summed E-state index contributed by atoms with van der Waals surface area (Å²) < 4.78 is 5.61. The Kier molecular flexibility index (Phi) is 7.09. The van der Waals surface area contributed by atoms with Crippen molar-refractivity contribution in [2.45, 2.75) is 39.5 Å². The molecule has 2 rings (SSSR count). The molecule has 0 spiro atoms. The van der Waals surface area contributed by atoms with Crippen molar-refractivity contribution < 1.29 is 14.3 Å². The first kappa shape index (κ1) is 18.3. The molecule has 5 nitrogen and oxygen atoms in total. The second-order valence-electron chi connectivity index (χ2n) is 6.51. The fourth-order valence-electron chi connectivity index (χ4n) is 2.97. The third kappa shape index (κ3) is 5.87. The number of piperidine rings is 1. The van der Waals surface area contributed by atoms with Gasteiger partial charge in [-0.3, -0.25) is 9.59 Å². The first-order valence-corrected chi connectivity index (χ1v) is 8.82. The van der Waals surface area contributed by atoms with Gasteiger partial charge in [-0.25, -0.2) is 0 Å². The standard InChI is InChI=1S/C19H28N2O3/c1-3-6-18(22)20-12-16-8-5-10-21(13-16)19(23)14-24-17-9-4-7-15(2)11-17/h4,7,9,11,16H,3,5-6,8,10,12-14H2,1-2H3,(H,20,22)/t16-/m0/s1. The SMILES string of the molecule is CCCC(=O)NC[C@@H]1CCCN(C(=O)COc2cccc(C)c2)C1. The molecule has 0 radical (unpaired) electrons. The third-order valence-electron chi connectivity index (χ3n) is 4.29. The molecule has 1 fully saturated rings. The molecule has 1 saturated heterocycles. The van der Waals surface area contributed by atoms with Crippen LogP contribution < -0.4 is 10.1 Å². The molecule has 24 heavy (non-hydrogen) atoms. The molecule has 0 aliphatic carbocycles. The van der Waals surface area contributed by atoms with Gasteiger partial charge in [0.2, 0.25) is 5.91 Å². The Balaban J connectivity index is 1.76. The molecule has 1 N–H and O–H groups in total. The van der Waals surface area contributed by atoms with Crippen LogP contribution in [0.4, 0.5) is 0 Å². The zero-order valence-corrected chi connectivity index (χ0v) is 14.7. The molecule has 0 unspecified atom stereocenters. The number of aryl methyl sites for hydroxylation is 1. The summed E-state index contributed by atoms with van der Waals surface area (Å²) in [6.07, 6.45) is 3.45. The molecule has 0 bridgehead atoms. The smallest absolute Gasteiger partial charge is 0.260 e. The first-order chi connectivity index (χ1) is 11.6. The number of hydrogen-bond acceptors (Lipinski definition) is 3. The Hall–Kier alpha value is -2.04. The summed E-state index contributed by atoms with van der Waals surface area (Å²) in [7, 11) is 0. The molecule has 5 heteroatoms. The van der Waals surface area contributed by atoms with E-state index in [1.807, 2.05) is 43.0 Å². The number of amides is 2. The Bertz CT molecular complexity index is 559. The fourth-order valence-corrected chi connectivity index (χ4v) is 2.97. The van der Waals surface area contributed by atoms with Crippen molar-refractivity contribution >= 4 is 11.8 Å². The lowest BCUT2D eigenvalue weighted by molar-refractivity contribution is -0.135. The Morgan fingerprint density at radius 1 is 1.38 bits per heavy atom. The summed E-state index contributed by atoms with van der Waals surface area (Å²) in [5.74, 6) is 1.18.